The van der Waals surface area contributed by atoms with Crippen LogP contribution in [0.2, 0.25) is 0 Å². The van der Waals surface area contributed by atoms with Gasteiger partial charge < -0.3 is 19.7 Å². The first-order valence-electron chi connectivity index (χ1n) is 12.4. The SMILES string of the molecule is O=C(COc1cccc2ccc(N3CCC(Cc4ccccc4)CC3)nc12)NC[C@@H]1CCCO1. The van der Waals surface area contributed by atoms with Crippen LogP contribution in [0.15, 0.2) is 60.7 Å². The monoisotopic (exact) mass is 459 g/mol. The number of nitrogens with zero attached hydrogens (tertiary/aromatic N) is 2. The molecule has 0 saturated carbocycles. The van der Waals surface area contributed by atoms with Crippen LogP contribution in [0.5, 0.6) is 5.75 Å². The van der Waals surface area contributed by atoms with Gasteiger partial charge in [0, 0.05) is 31.6 Å². The molecule has 2 aliphatic heterocycles. The van der Waals surface area contributed by atoms with Crippen LogP contribution in [0.25, 0.3) is 10.9 Å². The normalized spacial score (nSPS) is 18.8. The zero-order valence-corrected chi connectivity index (χ0v) is 19.6. The molecule has 0 unspecified atom stereocenters. The van der Waals surface area contributed by atoms with Gasteiger partial charge in [0.05, 0.1) is 6.10 Å². The van der Waals surface area contributed by atoms with Gasteiger partial charge in [-0.3, -0.25) is 4.79 Å². The van der Waals surface area contributed by atoms with Crippen LogP contribution >= 0.6 is 0 Å². The van der Waals surface area contributed by atoms with Gasteiger partial charge in [0.25, 0.3) is 5.91 Å². The summed E-state index contributed by atoms with van der Waals surface area (Å²) in [6, 6.07) is 20.8. The third kappa shape index (κ3) is 5.68. The molecule has 1 atom stereocenters. The second kappa shape index (κ2) is 10.9. The fraction of sp³-hybridized carbons (Fsp3) is 0.429. The fourth-order valence-corrected chi connectivity index (χ4v) is 4.94. The number of piperidine rings is 1. The predicted octanol–water partition coefficient (Wildman–Crippen LogP) is 4.37. The Labute approximate surface area is 201 Å². The average Bonchev–Trinajstić information content (AvgIpc) is 3.41. The standard InChI is InChI=1S/C28H33N3O3/c32-27(29-19-24-9-5-17-33-24)20-34-25-10-4-8-23-11-12-26(30-28(23)25)31-15-13-22(14-16-31)18-21-6-2-1-3-7-21/h1-4,6-8,10-12,22,24H,5,9,13-20H2,(H,29,32)/t24-/m0/s1. The van der Waals surface area contributed by atoms with Crippen LogP contribution in [0.4, 0.5) is 5.82 Å². The fourth-order valence-electron chi connectivity index (χ4n) is 4.94. The Kier molecular flexibility index (Phi) is 7.25. The smallest absolute Gasteiger partial charge is 0.258 e. The summed E-state index contributed by atoms with van der Waals surface area (Å²) in [5.41, 5.74) is 2.23. The first kappa shape index (κ1) is 22.7. The first-order valence-corrected chi connectivity index (χ1v) is 12.4. The molecule has 3 heterocycles. The number of aromatic nitrogens is 1. The summed E-state index contributed by atoms with van der Waals surface area (Å²) >= 11 is 0. The van der Waals surface area contributed by atoms with Crippen molar-refractivity contribution in [2.75, 3.05) is 37.7 Å². The third-order valence-corrected chi connectivity index (χ3v) is 6.88. The van der Waals surface area contributed by atoms with E-state index in [0.717, 1.165) is 68.5 Å². The molecule has 178 valence electrons. The number of amides is 1. The molecule has 3 aromatic rings. The van der Waals surface area contributed by atoms with Gasteiger partial charge in [-0.05, 0) is 61.8 Å². The Morgan fingerprint density at radius 2 is 1.88 bits per heavy atom. The second-order valence-electron chi connectivity index (χ2n) is 9.35. The van der Waals surface area contributed by atoms with Crippen molar-refractivity contribution < 1.29 is 14.3 Å². The van der Waals surface area contributed by atoms with Crippen LogP contribution in [-0.4, -0.2) is 49.8 Å². The number of pyridine rings is 1. The third-order valence-electron chi connectivity index (χ3n) is 6.88. The number of nitrogens with one attached hydrogen (secondary N) is 1. The number of hydrogen-bond donors (Lipinski definition) is 1. The number of carbonyl (C=O) groups is 1. The van der Waals surface area contributed by atoms with E-state index in [4.69, 9.17) is 14.5 Å². The summed E-state index contributed by atoms with van der Waals surface area (Å²) in [4.78, 5) is 19.6. The van der Waals surface area contributed by atoms with Gasteiger partial charge in [0.15, 0.2) is 6.61 Å². The van der Waals surface area contributed by atoms with Gasteiger partial charge in [0.1, 0.15) is 17.1 Å². The van der Waals surface area contributed by atoms with E-state index in [0.29, 0.717) is 18.2 Å². The molecule has 2 fully saturated rings. The molecule has 1 amide bonds. The summed E-state index contributed by atoms with van der Waals surface area (Å²) in [7, 11) is 0. The first-order chi connectivity index (χ1) is 16.7. The lowest BCUT2D eigenvalue weighted by Crippen LogP contribution is -2.35. The van der Waals surface area contributed by atoms with Gasteiger partial charge in [-0.25, -0.2) is 4.98 Å². The maximum absolute atomic E-state index is 12.3. The van der Waals surface area contributed by atoms with Gasteiger partial charge in [0.2, 0.25) is 0 Å². The van der Waals surface area contributed by atoms with Crippen LogP contribution < -0.4 is 15.0 Å². The van der Waals surface area contributed by atoms with E-state index >= 15 is 0 Å². The Hall–Kier alpha value is -3.12. The molecule has 6 heteroatoms. The van der Waals surface area contributed by atoms with E-state index in [-0.39, 0.29) is 18.6 Å². The lowest BCUT2D eigenvalue weighted by molar-refractivity contribution is -0.123. The van der Waals surface area contributed by atoms with Crippen molar-refractivity contribution in [2.24, 2.45) is 5.92 Å². The average molecular weight is 460 g/mol. The number of carbonyl (C=O) groups excluding carboxylic acids is 1. The molecular weight excluding hydrogens is 426 g/mol. The highest BCUT2D eigenvalue weighted by Gasteiger charge is 2.21. The molecule has 2 saturated heterocycles. The van der Waals surface area contributed by atoms with Crippen molar-refractivity contribution in [2.45, 2.75) is 38.2 Å². The largest absolute Gasteiger partial charge is 0.481 e. The number of para-hydroxylation sites is 1. The van der Waals surface area contributed by atoms with Gasteiger partial charge in [-0.2, -0.15) is 0 Å². The highest BCUT2D eigenvalue weighted by atomic mass is 16.5. The minimum Gasteiger partial charge on any atom is -0.481 e. The summed E-state index contributed by atoms with van der Waals surface area (Å²) in [5, 5.41) is 3.92. The maximum atomic E-state index is 12.3. The molecule has 1 aromatic heterocycles. The van der Waals surface area contributed by atoms with Crippen molar-refractivity contribution in [3.05, 3.63) is 66.2 Å². The van der Waals surface area contributed by atoms with Gasteiger partial charge in [-0.1, -0.05) is 42.5 Å². The zero-order chi connectivity index (χ0) is 23.2. The molecule has 0 radical (unpaired) electrons. The molecule has 1 N–H and O–H groups in total. The second-order valence-corrected chi connectivity index (χ2v) is 9.35. The number of rotatable bonds is 8. The number of hydrogen-bond acceptors (Lipinski definition) is 5. The summed E-state index contributed by atoms with van der Waals surface area (Å²) < 4.78 is 11.4. The minimum atomic E-state index is -0.135. The van der Waals surface area contributed by atoms with Gasteiger partial charge in [-0.15, -0.1) is 0 Å². The minimum absolute atomic E-state index is 0.0252. The Balaban J connectivity index is 1.19. The van der Waals surface area contributed by atoms with E-state index in [2.05, 4.69) is 52.7 Å². The molecular formula is C28H33N3O3. The van der Waals surface area contributed by atoms with Crippen molar-refractivity contribution in [3.63, 3.8) is 0 Å². The summed E-state index contributed by atoms with van der Waals surface area (Å²) in [6.45, 7) is 3.31. The molecule has 2 aromatic carbocycles. The number of fused-ring (bicyclic) bond motifs is 1. The van der Waals surface area contributed by atoms with E-state index < -0.39 is 0 Å². The van der Waals surface area contributed by atoms with Crippen molar-refractivity contribution in [1.82, 2.24) is 10.3 Å². The van der Waals surface area contributed by atoms with Crippen LogP contribution in [0, 0.1) is 5.92 Å². The lowest BCUT2D eigenvalue weighted by Gasteiger charge is -2.33. The van der Waals surface area contributed by atoms with Crippen LogP contribution in [0.1, 0.15) is 31.2 Å². The summed E-state index contributed by atoms with van der Waals surface area (Å²) in [5.74, 6) is 2.20. The molecule has 2 aliphatic rings. The van der Waals surface area contributed by atoms with Crippen LogP contribution in [0.3, 0.4) is 0 Å². The molecule has 5 rings (SSSR count). The Morgan fingerprint density at radius 1 is 1.03 bits per heavy atom. The maximum Gasteiger partial charge on any atom is 0.258 e. The number of ether oxygens (including phenoxy) is 2. The zero-order valence-electron chi connectivity index (χ0n) is 19.6. The van der Waals surface area contributed by atoms with Crippen molar-refractivity contribution >= 4 is 22.6 Å². The highest BCUT2D eigenvalue weighted by Crippen LogP contribution is 2.29. The molecule has 0 spiro atoms. The molecule has 0 bridgehead atoms. The van der Waals surface area contributed by atoms with Gasteiger partial charge >= 0.3 is 0 Å². The molecule has 0 aliphatic carbocycles. The number of anilines is 1. The quantitative estimate of drug-likeness (QED) is 0.542. The topological polar surface area (TPSA) is 63.7 Å². The lowest BCUT2D eigenvalue weighted by atomic mass is 9.90. The van der Waals surface area contributed by atoms with Crippen molar-refractivity contribution in [3.8, 4) is 5.75 Å². The van der Waals surface area contributed by atoms with E-state index in [9.17, 15) is 4.79 Å². The Morgan fingerprint density at radius 3 is 2.68 bits per heavy atom. The van der Waals surface area contributed by atoms with Crippen LogP contribution in [-0.2, 0) is 16.0 Å². The van der Waals surface area contributed by atoms with E-state index in [1.54, 1.807) is 0 Å². The predicted molar refractivity (Wildman–Crippen MR) is 134 cm³/mol. The molecule has 34 heavy (non-hydrogen) atoms. The highest BCUT2D eigenvalue weighted by molar-refractivity contribution is 5.86. The number of benzene rings is 2. The molecule has 6 nitrogen and oxygen atoms in total. The van der Waals surface area contributed by atoms with E-state index in [1.807, 2.05) is 18.2 Å². The Bertz CT molecular complexity index is 1090. The van der Waals surface area contributed by atoms with E-state index in [1.165, 1.54) is 5.56 Å². The van der Waals surface area contributed by atoms with Crippen molar-refractivity contribution in [1.29, 1.82) is 0 Å². The summed E-state index contributed by atoms with van der Waals surface area (Å²) in [6.07, 6.45) is 5.66.